The van der Waals surface area contributed by atoms with Crippen molar-refractivity contribution < 1.29 is 14.3 Å². The molecule has 1 aliphatic rings. The molecule has 1 rings (SSSR count). The third kappa shape index (κ3) is 8.52. The minimum atomic E-state index is -0.129. The normalized spacial score (nSPS) is 19.8. The molecule has 1 saturated carbocycles. The van der Waals surface area contributed by atoms with E-state index in [1.54, 1.807) is 0 Å². The van der Waals surface area contributed by atoms with E-state index in [4.69, 9.17) is 0 Å². The van der Waals surface area contributed by atoms with Crippen LogP contribution in [0.5, 0.6) is 0 Å². The molecule has 3 heteroatoms. The Hall–Kier alpha value is -1.30. The summed E-state index contributed by atoms with van der Waals surface area (Å²) in [7, 11) is 1.43. The van der Waals surface area contributed by atoms with Crippen molar-refractivity contribution in [1.29, 1.82) is 0 Å². The Morgan fingerprint density at radius 2 is 1.88 bits per heavy atom. The summed E-state index contributed by atoms with van der Waals surface area (Å²) in [6.45, 7) is 2.22. The molecule has 24 heavy (non-hydrogen) atoms. The fraction of sp³-hybridized carbons (Fsp3) is 0.810. The number of rotatable bonds is 11. The Bertz CT molecular complexity index is 430. The first-order chi connectivity index (χ1) is 11.7. The SMILES string of the molecule is CCCCCCC#C[C@H]1CCC(=O)[C@@H]1CCCCCCC(=O)OC. The summed E-state index contributed by atoms with van der Waals surface area (Å²) in [5.74, 6) is 7.43. The molecule has 0 saturated heterocycles. The molecule has 0 unspecified atom stereocenters. The fourth-order valence-corrected chi connectivity index (χ4v) is 3.38. The number of carbonyl (C=O) groups excluding carboxylic acids is 2. The molecule has 0 aromatic rings. The predicted molar refractivity (Wildman–Crippen MR) is 97.5 cm³/mol. The van der Waals surface area contributed by atoms with Crippen molar-refractivity contribution in [2.75, 3.05) is 7.11 Å². The van der Waals surface area contributed by atoms with Crippen LogP contribution in [0.3, 0.4) is 0 Å². The number of Topliss-reactive ketones (excluding diaryl/α,β-unsaturated/α-hetero) is 1. The lowest BCUT2D eigenvalue weighted by Crippen LogP contribution is -2.13. The van der Waals surface area contributed by atoms with Gasteiger partial charge in [-0.1, -0.05) is 51.4 Å². The smallest absolute Gasteiger partial charge is 0.305 e. The zero-order valence-corrected chi connectivity index (χ0v) is 15.6. The van der Waals surface area contributed by atoms with Gasteiger partial charge in [-0.3, -0.25) is 9.59 Å². The molecule has 0 radical (unpaired) electrons. The fourth-order valence-electron chi connectivity index (χ4n) is 3.38. The second-order valence-corrected chi connectivity index (χ2v) is 6.88. The Balaban J connectivity index is 2.20. The van der Waals surface area contributed by atoms with Gasteiger partial charge in [0.15, 0.2) is 0 Å². The summed E-state index contributed by atoms with van der Waals surface area (Å²) in [6.07, 6.45) is 13.2. The highest BCUT2D eigenvalue weighted by Crippen LogP contribution is 2.32. The number of hydrogen-bond acceptors (Lipinski definition) is 3. The molecule has 0 spiro atoms. The van der Waals surface area contributed by atoms with Gasteiger partial charge in [-0.25, -0.2) is 0 Å². The summed E-state index contributed by atoms with van der Waals surface area (Å²) in [6, 6.07) is 0. The van der Waals surface area contributed by atoms with Crippen LogP contribution < -0.4 is 0 Å². The molecule has 0 aromatic carbocycles. The van der Waals surface area contributed by atoms with E-state index in [-0.39, 0.29) is 11.9 Å². The molecule has 3 nitrogen and oxygen atoms in total. The monoisotopic (exact) mass is 334 g/mol. The van der Waals surface area contributed by atoms with Gasteiger partial charge in [0, 0.05) is 31.1 Å². The Kier molecular flexibility index (Phi) is 11.3. The first-order valence-electron chi connectivity index (χ1n) is 9.77. The van der Waals surface area contributed by atoms with E-state index in [0.717, 1.165) is 44.9 Å². The number of ether oxygens (including phenoxy) is 1. The predicted octanol–water partition coefficient (Wildman–Crippen LogP) is 5.07. The van der Waals surface area contributed by atoms with E-state index >= 15 is 0 Å². The van der Waals surface area contributed by atoms with Crippen LogP contribution in [0.25, 0.3) is 0 Å². The Labute approximate surface area is 147 Å². The van der Waals surface area contributed by atoms with Crippen LogP contribution in [0.4, 0.5) is 0 Å². The van der Waals surface area contributed by atoms with Crippen molar-refractivity contribution in [1.82, 2.24) is 0 Å². The molecule has 0 bridgehead atoms. The number of carbonyl (C=O) groups is 2. The van der Waals surface area contributed by atoms with Crippen LogP contribution in [0.15, 0.2) is 0 Å². The van der Waals surface area contributed by atoms with Gasteiger partial charge in [0.25, 0.3) is 0 Å². The van der Waals surface area contributed by atoms with Gasteiger partial charge in [0.05, 0.1) is 7.11 Å². The van der Waals surface area contributed by atoms with Crippen LogP contribution >= 0.6 is 0 Å². The van der Waals surface area contributed by atoms with E-state index in [0.29, 0.717) is 24.5 Å². The van der Waals surface area contributed by atoms with E-state index in [2.05, 4.69) is 23.5 Å². The van der Waals surface area contributed by atoms with E-state index in [9.17, 15) is 9.59 Å². The van der Waals surface area contributed by atoms with Gasteiger partial charge in [-0.05, 0) is 25.7 Å². The standard InChI is InChI=1S/C21H34O3/c1-3-4-5-6-7-10-13-18-16-17-20(22)19(18)14-11-8-9-12-15-21(23)24-2/h18-19H,3-9,11-12,14-17H2,1-2H3/t18-,19+/m0/s1. The van der Waals surface area contributed by atoms with Crippen molar-refractivity contribution in [2.24, 2.45) is 11.8 Å². The Morgan fingerprint density at radius 3 is 2.62 bits per heavy atom. The molecule has 1 aliphatic carbocycles. The minimum Gasteiger partial charge on any atom is -0.469 e. The van der Waals surface area contributed by atoms with Crippen LogP contribution in [0, 0.1) is 23.7 Å². The molecule has 0 amide bonds. The van der Waals surface area contributed by atoms with Gasteiger partial charge in [0.2, 0.25) is 0 Å². The van der Waals surface area contributed by atoms with Crippen molar-refractivity contribution in [3.05, 3.63) is 0 Å². The quantitative estimate of drug-likeness (QED) is 0.301. The highest BCUT2D eigenvalue weighted by Gasteiger charge is 2.32. The third-order valence-corrected chi connectivity index (χ3v) is 4.92. The number of esters is 1. The topological polar surface area (TPSA) is 43.4 Å². The summed E-state index contributed by atoms with van der Waals surface area (Å²) in [4.78, 5) is 23.1. The van der Waals surface area contributed by atoms with Crippen molar-refractivity contribution in [3.8, 4) is 11.8 Å². The summed E-state index contributed by atoms with van der Waals surface area (Å²) in [5.41, 5.74) is 0. The first kappa shape index (κ1) is 20.7. The molecular formula is C21H34O3. The van der Waals surface area contributed by atoms with Crippen molar-refractivity contribution >= 4 is 11.8 Å². The van der Waals surface area contributed by atoms with Gasteiger partial charge >= 0.3 is 5.97 Å². The van der Waals surface area contributed by atoms with Crippen LogP contribution in [-0.2, 0) is 14.3 Å². The van der Waals surface area contributed by atoms with Gasteiger partial charge in [-0.2, -0.15) is 0 Å². The number of hydrogen-bond donors (Lipinski definition) is 0. The molecule has 1 fully saturated rings. The second kappa shape index (κ2) is 13.0. The van der Waals surface area contributed by atoms with E-state index in [1.807, 2.05) is 0 Å². The van der Waals surface area contributed by atoms with Gasteiger partial charge in [0.1, 0.15) is 5.78 Å². The lowest BCUT2D eigenvalue weighted by Gasteiger charge is -2.13. The zero-order chi connectivity index (χ0) is 17.6. The summed E-state index contributed by atoms with van der Waals surface area (Å²) >= 11 is 0. The average molecular weight is 335 g/mol. The molecule has 2 atom stereocenters. The number of methoxy groups -OCH3 is 1. The lowest BCUT2D eigenvalue weighted by molar-refractivity contribution is -0.140. The van der Waals surface area contributed by atoms with Crippen LogP contribution in [0.1, 0.15) is 90.4 Å². The molecule has 0 heterocycles. The van der Waals surface area contributed by atoms with Crippen LogP contribution in [0.2, 0.25) is 0 Å². The molecule has 0 aliphatic heterocycles. The van der Waals surface area contributed by atoms with Crippen molar-refractivity contribution in [2.45, 2.75) is 90.4 Å². The summed E-state index contributed by atoms with van der Waals surface area (Å²) < 4.78 is 4.64. The number of unbranched alkanes of at least 4 members (excludes halogenated alkanes) is 7. The molecular weight excluding hydrogens is 300 g/mol. The highest BCUT2D eigenvalue weighted by atomic mass is 16.5. The molecule has 136 valence electrons. The second-order valence-electron chi connectivity index (χ2n) is 6.88. The maximum Gasteiger partial charge on any atom is 0.305 e. The number of ketones is 1. The Morgan fingerprint density at radius 1 is 1.12 bits per heavy atom. The summed E-state index contributed by atoms with van der Waals surface area (Å²) in [5, 5.41) is 0. The highest BCUT2D eigenvalue weighted by molar-refractivity contribution is 5.83. The van der Waals surface area contributed by atoms with Gasteiger partial charge < -0.3 is 4.74 Å². The minimum absolute atomic E-state index is 0.129. The molecule has 0 N–H and O–H groups in total. The van der Waals surface area contributed by atoms with Crippen molar-refractivity contribution in [3.63, 3.8) is 0 Å². The maximum absolute atomic E-state index is 12.1. The largest absolute Gasteiger partial charge is 0.469 e. The third-order valence-electron chi connectivity index (χ3n) is 4.92. The van der Waals surface area contributed by atoms with Crippen LogP contribution in [-0.4, -0.2) is 18.9 Å². The maximum atomic E-state index is 12.1. The van der Waals surface area contributed by atoms with Gasteiger partial charge in [-0.15, -0.1) is 5.92 Å². The zero-order valence-electron chi connectivity index (χ0n) is 15.6. The van der Waals surface area contributed by atoms with E-state index in [1.165, 1.54) is 32.8 Å². The van der Waals surface area contributed by atoms with E-state index < -0.39 is 0 Å². The first-order valence-corrected chi connectivity index (χ1v) is 9.77. The average Bonchev–Trinajstić information content (AvgIpc) is 2.94. The molecule has 0 aromatic heterocycles. The lowest BCUT2D eigenvalue weighted by atomic mass is 9.90.